The number of halogens is 1. The second-order valence-electron chi connectivity index (χ2n) is 7.15. The largest absolute Gasteiger partial charge is 0.392 e. The first-order valence-electron chi connectivity index (χ1n) is 7.91. The lowest BCUT2D eigenvalue weighted by atomic mass is 10.0. The van der Waals surface area contributed by atoms with Crippen LogP contribution < -0.4 is 0 Å². The van der Waals surface area contributed by atoms with E-state index in [0.717, 1.165) is 11.4 Å². The summed E-state index contributed by atoms with van der Waals surface area (Å²) in [6.45, 7) is 7.36. The van der Waals surface area contributed by atoms with Crippen molar-refractivity contribution in [1.82, 2.24) is 19.7 Å². The summed E-state index contributed by atoms with van der Waals surface area (Å²) in [7, 11) is 0. The van der Waals surface area contributed by atoms with Gasteiger partial charge in [0.1, 0.15) is 18.0 Å². The van der Waals surface area contributed by atoms with E-state index in [9.17, 15) is 9.50 Å². The Kier molecular flexibility index (Phi) is 4.21. The highest BCUT2D eigenvalue weighted by atomic mass is 19.1. The summed E-state index contributed by atoms with van der Waals surface area (Å²) in [5.41, 5.74) is 0.738. The number of β-amino-alcohol motifs (C(OH)–C–C–N with tert-alkyl or cyclic N) is 1. The quantitative estimate of drug-likeness (QED) is 0.944. The third-order valence-corrected chi connectivity index (χ3v) is 4.21. The van der Waals surface area contributed by atoms with Crippen LogP contribution in [0.5, 0.6) is 0 Å². The minimum absolute atomic E-state index is 0.00850. The second kappa shape index (κ2) is 6.02. The Morgan fingerprint density at radius 3 is 2.83 bits per heavy atom. The molecule has 0 saturated carbocycles. The first-order valence-corrected chi connectivity index (χ1v) is 7.91. The predicted molar refractivity (Wildman–Crippen MR) is 85.2 cm³/mol. The number of hydrogen-bond acceptors (Lipinski definition) is 4. The fourth-order valence-electron chi connectivity index (χ4n) is 3.23. The Morgan fingerprint density at radius 1 is 1.35 bits per heavy atom. The Labute approximate surface area is 135 Å². The van der Waals surface area contributed by atoms with Crippen molar-refractivity contribution < 1.29 is 9.50 Å². The highest BCUT2D eigenvalue weighted by Crippen LogP contribution is 2.33. The van der Waals surface area contributed by atoms with Crippen molar-refractivity contribution in [2.24, 2.45) is 0 Å². The molecule has 124 valence electrons. The summed E-state index contributed by atoms with van der Waals surface area (Å²) >= 11 is 0. The third-order valence-electron chi connectivity index (χ3n) is 4.21. The van der Waals surface area contributed by atoms with Gasteiger partial charge < -0.3 is 5.11 Å². The topological polar surface area (TPSA) is 54.2 Å². The van der Waals surface area contributed by atoms with Gasteiger partial charge >= 0.3 is 0 Å². The molecule has 2 heterocycles. The number of aromatic nitrogens is 3. The van der Waals surface area contributed by atoms with Crippen LogP contribution in [0.2, 0.25) is 0 Å². The lowest BCUT2D eigenvalue weighted by Crippen LogP contribution is -2.31. The summed E-state index contributed by atoms with van der Waals surface area (Å²) in [5, 5.41) is 14.4. The molecule has 0 unspecified atom stereocenters. The van der Waals surface area contributed by atoms with Gasteiger partial charge in [-0.15, -0.1) is 0 Å². The normalized spacial score (nSPS) is 22.7. The van der Waals surface area contributed by atoms with Gasteiger partial charge in [-0.05, 0) is 44.9 Å². The van der Waals surface area contributed by atoms with E-state index >= 15 is 0 Å². The number of likely N-dealkylation sites (tertiary alicyclic amines) is 1. The smallest absolute Gasteiger partial charge is 0.141 e. The summed E-state index contributed by atoms with van der Waals surface area (Å²) in [6.07, 6.45) is 1.76. The molecule has 1 aliphatic heterocycles. The molecule has 2 atom stereocenters. The zero-order valence-corrected chi connectivity index (χ0v) is 13.8. The number of aliphatic hydroxyl groups is 1. The van der Waals surface area contributed by atoms with Gasteiger partial charge in [-0.1, -0.05) is 12.1 Å². The van der Waals surface area contributed by atoms with Crippen molar-refractivity contribution in [1.29, 1.82) is 0 Å². The molecular formula is C17H23FN4O. The van der Waals surface area contributed by atoms with Crippen molar-refractivity contribution >= 4 is 0 Å². The fraction of sp³-hybridized carbons (Fsp3) is 0.529. The van der Waals surface area contributed by atoms with E-state index in [0.29, 0.717) is 19.5 Å². The number of hydrogen-bond donors (Lipinski definition) is 1. The molecule has 1 aromatic carbocycles. The maximum Gasteiger partial charge on any atom is 0.141 e. The van der Waals surface area contributed by atoms with Crippen LogP contribution in [-0.4, -0.2) is 37.4 Å². The average molecular weight is 318 g/mol. The van der Waals surface area contributed by atoms with Gasteiger partial charge in [-0.25, -0.2) is 14.1 Å². The number of aliphatic hydroxyl groups excluding tert-OH is 1. The molecular weight excluding hydrogens is 295 g/mol. The Hall–Kier alpha value is -1.79. The van der Waals surface area contributed by atoms with Crippen LogP contribution >= 0.6 is 0 Å². The maximum absolute atomic E-state index is 13.5. The van der Waals surface area contributed by atoms with Gasteiger partial charge in [-0.3, -0.25) is 4.90 Å². The first-order chi connectivity index (χ1) is 10.8. The molecule has 1 N–H and O–H groups in total. The Balaban J connectivity index is 1.85. The molecule has 6 heteroatoms. The molecule has 0 aliphatic carbocycles. The zero-order chi connectivity index (χ0) is 16.6. The van der Waals surface area contributed by atoms with E-state index in [1.807, 2.05) is 10.7 Å². The molecule has 0 amide bonds. The van der Waals surface area contributed by atoms with Crippen LogP contribution in [0.1, 0.15) is 44.6 Å². The van der Waals surface area contributed by atoms with Gasteiger partial charge in [0.15, 0.2) is 0 Å². The van der Waals surface area contributed by atoms with Crippen molar-refractivity contribution in [2.45, 2.75) is 51.4 Å². The van der Waals surface area contributed by atoms with E-state index in [1.165, 1.54) is 6.07 Å². The minimum atomic E-state index is -0.408. The van der Waals surface area contributed by atoms with E-state index in [1.54, 1.807) is 18.5 Å². The van der Waals surface area contributed by atoms with Crippen LogP contribution in [-0.2, 0) is 12.1 Å². The summed E-state index contributed by atoms with van der Waals surface area (Å²) in [5.74, 6) is 0.606. The summed E-state index contributed by atoms with van der Waals surface area (Å²) in [4.78, 5) is 6.52. The molecule has 3 rings (SSSR count). The highest BCUT2D eigenvalue weighted by molar-refractivity contribution is 5.22. The molecule has 23 heavy (non-hydrogen) atoms. The Morgan fingerprint density at radius 2 is 2.13 bits per heavy atom. The number of benzene rings is 1. The average Bonchev–Trinajstić information content (AvgIpc) is 3.05. The second-order valence-corrected chi connectivity index (χ2v) is 7.15. The highest BCUT2D eigenvalue weighted by Gasteiger charge is 2.33. The molecule has 0 spiro atoms. The van der Waals surface area contributed by atoms with Crippen LogP contribution in [0.25, 0.3) is 0 Å². The van der Waals surface area contributed by atoms with Gasteiger partial charge in [-0.2, -0.15) is 5.10 Å². The van der Waals surface area contributed by atoms with E-state index in [-0.39, 0.29) is 17.4 Å². The molecule has 0 bridgehead atoms. The molecule has 1 fully saturated rings. The van der Waals surface area contributed by atoms with Crippen molar-refractivity contribution in [3.8, 4) is 0 Å². The third kappa shape index (κ3) is 3.43. The van der Waals surface area contributed by atoms with Gasteiger partial charge in [0.2, 0.25) is 0 Å². The SMILES string of the molecule is CC(C)(C)n1ncnc1CN1C[C@@H](O)C[C@H]1c1cccc(F)c1. The predicted octanol–water partition coefficient (Wildman–Crippen LogP) is 2.48. The summed E-state index contributed by atoms with van der Waals surface area (Å²) in [6, 6.07) is 6.60. The lowest BCUT2D eigenvalue weighted by molar-refractivity contribution is 0.168. The van der Waals surface area contributed by atoms with Gasteiger partial charge in [0.05, 0.1) is 18.2 Å². The molecule has 1 aromatic heterocycles. The van der Waals surface area contributed by atoms with Crippen molar-refractivity contribution in [2.75, 3.05) is 6.54 Å². The number of rotatable bonds is 3. The monoisotopic (exact) mass is 318 g/mol. The van der Waals surface area contributed by atoms with Gasteiger partial charge in [0, 0.05) is 12.6 Å². The maximum atomic E-state index is 13.5. The molecule has 1 saturated heterocycles. The molecule has 1 aliphatic rings. The van der Waals surface area contributed by atoms with E-state index < -0.39 is 6.10 Å². The van der Waals surface area contributed by atoms with Gasteiger partial charge in [0.25, 0.3) is 0 Å². The lowest BCUT2D eigenvalue weighted by Gasteiger charge is -2.27. The molecule has 5 nitrogen and oxygen atoms in total. The van der Waals surface area contributed by atoms with Crippen LogP contribution in [0.3, 0.4) is 0 Å². The first kappa shape index (κ1) is 16.1. The van der Waals surface area contributed by atoms with Crippen LogP contribution in [0, 0.1) is 5.82 Å². The van der Waals surface area contributed by atoms with E-state index in [2.05, 4.69) is 35.8 Å². The standard InChI is InChI=1S/C17H23FN4O/c1-17(2,3)22-16(19-11-20-22)10-21-9-14(23)8-15(21)12-5-4-6-13(18)7-12/h4-7,11,14-15,23H,8-10H2,1-3H3/t14-,15-/m0/s1. The minimum Gasteiger partial charge on any atom is -0.392 e. The molecule has 2 aromatic rings. The fourth-order valence-corrected chi connectivity index (χ4v) is 3.23. The zero-order valence-electron chi connectivity index (χ0n) is 13.8. The van der Waals surface area contributed by atoms with E-state index in [4.69, 9.17) is 0 Å². The van der Waals surface area contributed by atoms with Crippen molar-refractivity contribution in [3.63, 3.8) is 0 Å². The van der Waals surface area contributed by atoms with Crippen LogP contribution in [0.4, 0.5) is 4.39 Å². The summed E-state index contributed by atoms with van der Waals surface area (Å²) < 4.78 is 15.4. The Bertz CT molecular complexity index is 679. The molecule has 0 radical (unpaired) electrons. The number of nitrogens with zero attached hydrogens (tertiary/aromatic N) is 4. The van der Waals surface area contributed by atoms with Crippen molar-refractivity contribution in [3.05, 3.63) is 47.8 Å². The van der Waals surface area contributed by atoms with Crippen LogP contribution in [0.15, 0.2) is 30.6 Å².